The van der Waals surface area contributed by atoms with Gasteiger partial charge in [-0.15, -0.1) is 0 Å². The molecule has 0 aliphatic heterocycles. The number of hydrogen-bond donors (Lipinski definition) is 1. The van der Waals surface area contributed by atoms with E-state index in [0.717, 1.165) is 5.56 Å². The summed E-state index contributed by atoms with van der Waals surface area (Å²) in [6, 6.07) is 14.2. The Bertz CT molecular complexity index is 646. The van der Waals surface area contributed by atoms with E-state index in [-0.39, 0.29) is 11.9 Å². The van der Waals surface area contributed by atoms with Crippen molar-refractivity contribution < 1.29 is 9.53 Å². The molecule has 0 radical (unpaired) electrons. The largest absolute Gasteiger partial charge is 0.481 e. The summed E-state index contributed by atoms with van der Waals surface area (Å²) in [5.74, 6) is 0.449. The number of hydrogen-bond acceptors (Lipinski definition) is 2. The Morgan fingerprint density at radius 1 is 1.09 bits per heavy atom. The number of carbonyl (C=O) groups excluding carboxylic acids is 1. The first-order chi connectivity index (χ1) is 10.5. The van der Waals surface area contributed by atoms with E-state index in [1.165, 1.54) is 0 Å². The maximum absolute atomic E-state index is 12.2. The van der Waals surface area contributed by atoms with Crippen molar-refractivity contribution >= 4 is 29.1 Å². The Morgan fingerprint density at radius 3 is 2.41 bits per heavy atom. The van der Waals surface area contributed by atoms with Crippen LogP contribution in [0.1, 0.15) is 25.5 Å². The lowest BCUT2D eigenvalue weighted by molar-refractivity contribution is -0.127. The predicted octanol–water partition coefficient (Wildman–Crippen LogP) is 4.64. The maximum atomic E-state index is 12.2. The van der Waals surface area contributed by atoms with Crippen molar-refractivity contribution in [2.75, 3.05) is 0 Å². The summed E-state index contributed by atoms with van der Waals surface area (Å²) in [5, 5.41) is 3.97. The molecule has 3 nitrogen and oxygen atoms in total. The molecule has 116 valence electrons. The average molecular weight is 338 g/mol. The molecule has 0 saturated carbocycles. The van der Waals surface area contributed by atoms with Crippen LogP contribution in [0, 0.1) is 0 Å². The molecule has 2 aromatic rings. The summed E-state index contributed by atoms with van der Waals surface area (Å²) in [7, 11) is 0. The van der Waals surface area contributed by atoms with Gasteiger partial charge in [0.15, 0.2) is 6.10 Å². The summed E-state index contributed by atoms with van der Waals surface area (Å²) in [5.41, 5.74) is 0.811. The van der Waals surface area contributed by atoms with Crippen LogP contribution in [0.2, 0.25) is 10.0 Å². The Kier molecular flexibility index (Phi) is 5.69. The SMILES string of the molecule is C[C@H](Oc1ccccc1)C(=O)N[C@@H](C)c1ccc(Cl)cc1Cl. The highest BCUT2D eigenvalue weighted by atomic mass is 35.5. The van der Waals surface area contributed by atoms with Gasteiger partial charge in [0.2, 0.25) is 0 Å². The van der Waals surface area contributed by atoms with Crippen LogP contribution in [0.25, 0.3) is 0 Å². The highest BCUT2D eigenvalue weighted by Gasteiger charge is 2.19. The molecule has 1 N–H and O–H groups in total. The third-order valence-electron chi connectivity index (χ3n) is 3.21. The topological polar surface area (TPSA) is 38.3 Å². The fraction of sp³-hybridized carbons (Fsp3) is 0.235. The molecule has 5 heteroatoms. The maximum Gasteiger partial charge on any atom is 0.261 e. The molecular formula is C17H17Cl2NO2. The molecular weight excluding hydrogens is 321 g/mol. The fourth-order valence-electron chi connectivity index (χ4n) is 2.02. The van der Waals surface area contributed by atoms with E-state index in [1.54, 1.807) is 25.1 Å². The first kappa shape index (κ1) is 16.7. The Balaban J connectivity index is 1.98. The molecule has 0 fully saturated rings. The second-order valence-corrected chi connectivity index (χ2v) is 5.81. The van der Waals surface area contributed by atoms with Crippen molar-refractivity contribution in [3.63, 3.8) is 0 Å². The normalized spacial score (nSPS) is 13.3. The van der Waals surface area contributed by atoms with Crippen LogP contribution in [-0.4, -0.2) is 12.0 Å². The molecule has 0 spiro atoms. The lowest BCUT2D eigenvalue weighted by Crippen LogP contribution is -2.37. The van der Waals surface area contributed by atoms with Crippen LogP contribution >= 0.6 is 23.2 Å². The van der Waals surface area contributed by atoms with Gasteiger partial charge in [-0.1, -0.05) is 47.5 Å². The van der Waals surface area contributed by atoms with Crippen molar-refractivity contribution in [1.29, 1.82) is 0 Å². The molecule has 0 aliphatic carbocycles. The van der Waals surface area contributed by atoms with E-state index >= 15 is 0 Å². The Morgan fingerprint density at radius 2 is 1.77 bits per heavy atom. The van der Waals surface area contributed by atoms with Gasteiger partial charge < -0.3 is 10.1 Å². The summed E-state index contributed by atoms with van der Waals surface area (Å²) in [6.07, 6.45) is -0.601. The summed E-state index contributed by atoms with van der Waals surface area (Å²) in [4.78, 5) is 12.2. The highest BCUT2D eigenvalue weighted by Crippen LogP contribution is 2.26. The van der Waals surface area contributed by atoms with Crippen LogP contribution in [0.15, 0.2) is 48.5 Å². The first-order valence-electron chi connectivity index (χ1n) is 6.94. The van der Waals surface area contributed by atoms with E-state index in [4.69, 9.17) is 27.9 Å². The Labute approximate surface area is 140 Å². The third kappa shape index (κ3) is 4.39. The zero-order valence-electron chi connectivity index (χ0n) is 12.3. The zero-order chi connectivity index (χ0) is 16.1. The third-order valence-corrected chi connectivity index (χ3v) is 3.78. The summed E-state index contributed by atoms with van der Waals surface area (Å²) in [6.45, 7) is 3.57. The van der Waals surface area contributed by atoms with Gasteiger partial charge >= 0.3 is 0 Å². The molecule has 2 atom stereocenters. The summed E-state index contributed by atoms with van der Waals surface area (Å²) < 4.78 is 5.60. The Hall–Kier alpha value is -1.71. The van der Waals surface area contributed by atoms with E-state index in [9.17, 15) is 4.79 Å². The van der Waals surface area contributed by atoms with Crippen LogP contribution < -0.4 is 10.1 Å². The van der Waals surface area contributed by atoms with Crippen molar-refractivity contribution in [2.24, 2.45) is 0 Å². The minimum Gasteiger partial charge on any atom is -0.481 e. The fourth-order valence-corrected chi connectivity index (χ4v) is 2.59. The van der Waals surface area contributed by atoms with Crippen molar-refractivity contribution in [3.05, 3.63) is 64.1 Å². The number of nitrogens with one attached hydrogen (secondary N) is 1. The second kappa shape index (κ2) is 7.52. The molecule has 0 heterocycles. The molecule has 0 unspecified atom stereocenters. The van der Waals surface area contributed by atoms with Gasteiger partial charge in [-0.05, 0) is 43.7 Å². The van der Waals surface area contributed by atoms with Gasteiger partial charge in [0, 0.05) is 10.0 Å². The number of ether oxygens (including phenoxy) is 1. The molecule has 0 bridgehead atoms. The monoisotopic (exact) mass is 337 g/mol. The minimum atomic E-state index is -0.601. The van der Waals surface area contributed by atoms with Gasteiger partial charge in [0.25, 0.3) is 5.91 Å². The van der Waals surface area contributed by atoms with Gasteiger partial charge in [0.1, 0.15) is 5.75 Å². The standard InChI is InChI=1S/C17H17Cl2NO2/c1-11(15-9-8-13(18)10-16(15)19)20-17(21)12(2)22-14-6-4-3-5-7-14/h3-12H,1-2H3,(H,20,21)/t11-,12-/m0/s1. The smallest absolute Gasteiger partial charge is 0.261 e. The zero-order valence-corrected chi connectivity index (χ0v) is 13.9. The second-order valence-electron chi connectivity index (χ2n) is 4.97. The number of halogens is 2. The van der Waals surface area contributed by atoms with Crippen molar-refractivity contribution in [3.8, 4) is 5.75 Å². The van der Waals surface area contributed by atoms with Gasteiger partial charge in [0.05, 0.1) is 6.04 Å². The van der Waals surface area contributed by atoms with E-state index in [2.05, 4.69) is 5.32 Å². The lowest BCUT2D eigenvalue weighted by atomic mass is 10.1. The number of amides is 1. The van der Waals surface area contributed by atoms with E-state index < -0.39 is 6.10 Å². The number of carbonyl (C=O) groups is 1. The first-order valence-corrected chi connectivity index (χ1v) is 7.70. The van der Waals surface area contributed by atoms with E-state index in [0.29, 0.717) is 15.8 Å². The van der Waals surface area contributed by atoms with Gasteiger partial charge in [-0.3, -0.25) is 4.79 Å². The van der Waals surface area contributed by atoms with Gasteiger partial charge in [-0.2, -0.15) is 0 Å². The van der Waals surface area contributed by atoms with Crippen LogP contribution in [0.4, 0.5) is 0 Å². The summed E-state index contributed by atoms with van der Waals surface area (Å²) >= 11 is 12.0. The van der Waals surface area contributed by atoms with Crippen molar-refractivity contribution in [2.45, 2.75) is 26.0 Å². The molecule has 0 aliphatic rings. The van der Waals surface area contributed by atoms with Crippen LogP contribution in [0.5, 0.6) is 5.75 Å². The highest BCUT2D eigenvalue weighted by molar-refractivity contribution is 6.35. The lowest BCUT2D eigenvalue weighted by Gasteiger charge is -2.20. The average Bonchev–Trinajstić information content (AvgIpc) is 2.47. The van der Waals surface area contributed by atoms with E-state index in [1.807, 2.05) is 37.3 Å². The van der Waals surface area contributed by atoms with Crippen molar-refractivity contribution in [1.82, 2.24) is 5.32 Å². The number of benzene rings is 2. The molecule has 22 heavy (non-hydrogen) atoms. The molecule has 2 aromatic carbocycles. The number of para-hydroxylation sites is 1. The molecule has 2 rings (SSSR count). The van der Waals surface area contributed by atoms with Crippen LogP contribution in [0.3, 0.4) is 0 Å². The van der Waals surface area contributed by atoms with Gasteiger partial charge in [-0.25, -0.2) is 0 Å². The predicted molar refractivity (Wildman–Crippen MR) is 89.6 cm³/mol. The molecule has 0 aromatic heterocycles. The number of rotatable bonds is 5. The molecule has 0 saturated heterocycles. The minimum absolute atomic E-state index is 0.206. The quantitative estimate of drug-likeness (QED) is 0.863. The molecule has 1 amide bonds. The van der Waals surface area contributed by atoms with Crippen LogP contribution in [-0.2, 0) is 4.79 Å².